The molecule has 2 rings (SSSR count). The first-order valence-corrected chi connectivity index (χ1v) is 7.35. The van der Waals surface area contributed by atoms with E-state index in [9.17, 15) is 5.26 Å². The van der Waals surface area contributed by atoms with E-state index in [2.05, 4.69) is 20.9 Å². The van der Waals surface area contributed by atoms with Crippen LogP contribution < -0.4 is 10.6 Å². The Kier molecular flexibility index (Phi) is 5.12. The Hall–Kier alpha value is -2.13. The van der Waals surface area contributed by atoms with E-state index in [1.165, 1.54) is 5.69 Å². The van der Waals surface area contributed by atoms with Crippen molar-refractivity contribution < 1.29 is 0 Å². The van der Waals surface area contributed by atoms with E-state index in [1.54, 1.807) is 0 Å². The summed E-state index contributed by atoms with van der Waals surface area (Å²) in [5.41, 5.74) is 8.10. The Morgan fingerprint density at radius 1 is 1.29 bits per heavy atom. The van der Waals surface area contributed by atoms with Gasteiger partial charge in [0.15, 0.2) is 0 Å². The lowest BCUT2D eigenvalue weighted by Gasteiger charge is -2.25. The number of nitrogens with zero attached hydrogens (tertiary/aromatic N) is 4. The Balaban J connectivity index is 2.11. The highest BCUT2D eigenvalue weighted by Crippen LogP contribution is 2.18. The predicted molar refractivity (Wildman–Crippen MR) is 87.7 cm³/mol. The summed E-state index contributed by atoms with van der Waals surface area (Å²) < 4.78 is 0. The number of hydrogen-bond acceptors (Lipinski definition) is 5. The minimum atomic E-state index is 0.172. The van der Waals surface area contributed by atoms with Crippen LogP contribution in [0.5, 0.6) is 0 Å². The zero-order valence-electron chi connectivity index (χ0n) is 12.1. The average molecular weight is 301 g/mol. The van der Waals surface area contributed by atoms with Crippen LogP contribution in [0, 0.1) is 11.3 Å². The Morgan fingerprint density at radius 2 is 2.00 bits per heavy atom. The molecule has 2 N–H and O–H groups in total. The van der Waals surface area contributed by atoms with Gasteiger partial charge in [-0.05, 0) is 25.5 Å². The van der Waals surface area contributed by atoms with Crippen molar-refractivity contribution in [3.05, 3.63) is 35.8 Å². The van der Waals surface area contributed by atoms with E-state index in [4.69, 9.17) is 18.0 Å². The van der Waals surface area contributed by atoms with Gasteiger partial charge in [-0.25, -0.2) is 0 Å². The zero-order valence-corrected chi connectivity index (χ0v) is 12.9. The monoisotopic (exact) mass is 301 g/mol. The average Bonchev–Trinajstić information content (AvgIpc) is 2.74. The van der Waals surface area contributed by atoms with Crippen LogP contribution >= 0.6 is 12.2 Å². The fraction of sp³-hybridized carbons (Fsp3) is 0.400. The van der Waals surface area contributed by atoms with Crippen molar-refractivity contribution in [1.82, 2.24) is 9.88 Å². The van der Waals surface area contributed by atoms with Gasteiger partial charge in [0.05, 0.1) is 0 Å². The first kappa shape index (κ1) is 15.3. The van der Waals surface area contributed by atoms with Crippen molar-refractivity contribution in [2.75, 3.05) is 31.1 Å². The molecule has 0 amide bonds. The molecule has 0 aliphatic carbocycles. The summed E-state index contributed by atoms with van der Waals surface area (Å²) in [6.45, 7) is 5.56. The van der Waals surface area contributed by atoms with Gasteiger partial charge >= 0.3 is 0 Å². The quantitative estimate of drug-likeness (QED) is 0.520. The van der Waals surface area contributed by atoms with Crippen LogP contribution in [0.3, 0.4) is 0 Å². The smallest absolute Gasteiger partial charge is 0.116 e. The Bertz CT molecular complexity index is 575. The number of aromatic nitrogens is 1. The minimum absolute atomic E-state index is 0.172. The molecule has 110 valence electrons. The van der Waals surface area contributed by atoms with Crippen LogP contribution in [-0.4, -0.2) is 41.1 Å². The van der Waals surface area contributed by atoms with Gasteiger partial charge in [-0.3, -0.25) is 4.98 Å². The molecule has 1 fully saturated rings. The van der Waals surface area contributed by atoms with E-state index in [1.807, 2.05) is 31.5 Å². The van der Waals surface area contributed by atoms with Gasteiger partial charge in [0.2, 0.25) is 0 Å². The lowest BCUT2D eigenvalue weighted by atomic mass is 10.2. The molecule has 1 aliphatic heterocycles. The molecule has 5 nitrogen and oxygen atoms in total. The molecule has 6 heteroatoms. The largest absolute Gasteiger partial charge is 0.389 e. The molecule has 0 spiro atoms. The number of rotatable bonds is 3. The highest BCUT2D eigenvalue weighted by molar-refractivity contribution is 7.80. The highest BCUT2D eigenvalue weighted by Gasteiger charge is 2.18. The lowest BCUT2D eigenvalue weighted by molar-refractivity contribution is 0.369. The Labute approximate surface area is 130 Å². The van der Waals surface area contributed by atoms with Gasteiger partial charge in [0.25, 0.3) is 0 Å². The maximum absolute atomic E-state index is 9.18. The number of allylic oxidation sites excluding steroid dienone is 1. The molecule has 1 saturated heterocycles. The maximum atomic E-state index is 9.18. The summed E-state index contributed by atoms with van der Waals surface area (Å²) in [4.78, 5) is 8.75. The summed E-state index contributed by atoms with van der Waals surface area (Å²) in [5, 5.41) is 9.18. The van der Waals surface area contributed by atoms with Crippen LogP contribution in [-0.2, 0) is 0 Å². The van der Waals surface area contributed by atoms with Gasteiger partial charge in [-0.15, -0.1) is 0 Å². The van der Waals surface area contributed by atoms with Crippen molar-refractivity contribution >= 4 is 22.9 Å². The molecule has 1 aromatic rings. The predicted octanol–water partition coefficient (Wildman–Crippen LogP) is 1.68. The van der Waals surface area contributed by atoms with Crippen LogP contribution in [0.2, 0.25) is 0 Å². The topological polar surface area (TPSA) is 69.2 Å². The standard InChI is InChI=1S/C15H19N5S/c1-12(14(11-16)15(17)21)19-7-2-8-20(10-9-19)13-3-5-18-6-4-13/h3-6H,2,7-10H2,1H3,(H2,17,21). The summed E-state index contributed by atoms with van der Waals surface area (Å²) >= 11 is 4.95. The van der Waals surface area contributed by atoms with E-state index in [0.717, 1.165) is 38.3 Å². The van der Waals surface area contributed by atoms with E-state index in [0.29, 0.717) is 5.57 Å². The molecular formula is C15H19N5S. The second-order valence-electron chi connectivity index (χ2n) is 4.97. The molecule has 0 unspecified atom stereocenters. The molecule has 1 aliphatic rings. The van der Waals surface area contributed by atoms with Gasteiger partial charge in [0, 0.05) is 50.0 Å². The maximum Gasteiger partial charge on any atom is 0.116 e. The molecular weight excluding hydrogens is 282 g/mol. The van der Waals surface area contributed by atoms with Crippen LogP contribution in [0.4, 0.5) is 5.69 Å². The number of nitriles is 1. The highest BCUT2D eigenvalue weighted by atomic mass is 32.1. The van der Waals surface area contributed by atoms with Gasteiger partial charge in [0.1, 0.15) is 16.6 Å². The van der Waals surface area contributed by atoms with Crippen molar-refractivity contribution in [1.29, 1.82) is 5.26 Å². The Morgan fingerprint density at radius 3 is 2.62 bits per heavy atom. The van der Waals surface area contributed by atoms with Crippen molar-refractivity contribution in [3.63, 3.8) is 0 Å². The number of thiocarbonyl (C=S) groups is 1. The van der Waals surface area contributed by atoms with E-state index < -0.39 is 0 Å². The van der Waals surface area contributed by atoms with Crippen LogP contribution in [0.25, 0.3) is 0 Å². The van der Waals surface area contributed by atoms with Crippen molar-refractivity contribution in [2.24, 2.45) is 5.73 Å². The summed E-state index contributed by atoms with van der Waals surface area (Å²) in [6.07, 6.45) is 4.64. The first-order chi connectivity index (χ1) is 10.1. The second-order valence-corrected chi connectivity index (χ2v) is 5.41. The minimum Gasteiger partial charge on any atom is -0.389 e. The fourth-order valence-corrected chi connectivity index (χ4v) is 2.73. The molecule has 1 aromatic heterocycles. The SMILES string of the molecule is CC(=C(C#N)C(N)=S)N1CCCN(c2ccncc2)CC1. The third kappa shape index (κ3) is 3.70. The van der Waals surface area contributed by atoms with Gasteiger partial charge in [-0.2, -0.15) is 5.26 Å². The van der Waals surface area contributed by atoms with Crippen LogP contribution in [0.1, 0.15) is 13.3 Å². The zero-order chi connectivity index (χ0) is 15.2. The molecule has 0 bridgehead atoms. The number of nitrogens with two attached hydrogens (primary N) is 1. The van der Waals surface area contributed by atoms with E-state index in [-0.39, 0.29) is 4.99 Å². The molecule has 0 atom stereocenters. The fourth-order valence-electron chi connectivity index (χ4n) is 2.54. The van der Waals surface area contributed by atoms with Crippen molar-refractivity contribution in [3.8, 4) is 6.07 Å². The molecule has 0 radical (unpaired) electrons. The normalized spacial score (nSPS) is 16.8. The van der Waals surface area contributed by atoms with Crippen LogP contribution in [0.15, 0.2) is 35.8 Å². The van der Waals surface area contributed by atoms with Gasteiger partial charge in [-0.1, -0.05) is 12.2 Å². The third-order valence-electron chi connectivity index (χ3n) is 3.72. The second kappa shape index (κ2) is 7.04. The molecule has 2 heterocycles. The summed E-state index contributed by atoms with van der Waals surface area (Å²) in [7, 11) is 0. The van der Waals surface area contributed by atoms with Crippen molar-refractivity contribution in [2.45, 2.75) is 13.3 Å². The third-order valence-corrected chi connectivity index (χ3v) is 3.92. The number of hydrogen-bond donors (Lipinski definition) is 1. The van der Waals surface area contributed by atoms with Gasteiger partial charge < -0.3 is 15.5 Å². The number of pyridine rings is 1. The summed E-state index contributed by atoms with van der Waals surface area (Å²) in [6, 6.07) is 6.16. The molecule has 0 aromatic carbocycles. The molecule has 21 heavy (non-hydrogen) atoms. The van der Waals surface area contributed by atoms with E-state index >= 15 is 0 Å². The first-order valence-electron chi connectivity index (χ1n) is 6.94. The summed E-state index contributed by atoms with van der Waals surface area (Å²) in [5.74, 6) is 0. The number of anilines is 1. The molecule has 0 saturated carbocycles. The lowest BCUT2D eigenvalue weighted by Crippen LogP contribution is -2.31.